The van der Waals surface area contributed by atoms with Crippen LogP contribution in [0.25, 0.3) is 0 Å². The van der Waals surface area contributed by atoms with Crippen LogP contribution >= 0.6 is 0 Å². The number of esters is 3. The van der Waals surface area contributed by atoms with E-state index in [9.17, 15) is 19.2 Å². The summed E-state index contributed by atoms with van der Waals surface area (Å²) in [6.45, 7) is 1.80. The van der Waals surface area contributed by atoms with Crippen LogP contribution in [0.4, 0.5) is 0 Å². The molecule has 0 unspecified atom stereocenters. The highest BCUT2D eigenvalue weighted by Crippen LogP contribution is 2.32. The molecule has 0 aromatic carbocycles. The molecule has 0 aliphatic carbocycles. The van der Waals surface area contributed by atoms with Crippen LogP contribution in [0, 0.1) is 5.41 Å². The lowest BCUT2D eigenvalue weighted by atomic mass is 9.80. The van der Waals surface area contributed by atoms with Gasteiger partial charge in [-0.15, -0.1) is 0 Å². The van der Waals surface area contributed by atoms with Crippen LogP contribution in [0.2, 0.25) is 0 Å². The molecule has 0 aromatic heterocycles. The second-order valence-corrected chi connectivity index (χ2v) is 5.15. The van der Waals surface area contributed by atoms with Crippen LogP contribution in [0.1, 0.15) is 32.6 Å². The van der Waals surface area contributed by atoms with Crippen LogP contribution in [-0.2, 0) is 33.4 Å². The molecule has 0 saturated heterocycles. The molecule has 0 N–H and O–H groups in total. The van der Waals surface area contributed by atoms with E-state index in [0.29, 0.717) is 12.8 Å². The Balaban J connectivity index is 5.54. The summed E-state index contributed by atoms with van der Waals surface area (Å²) in [6.07, 6.45) is 5.82. The monoisotopic (exact) mass is 340 g/mol. The Hall–Kier alpha value is -2.44. The van der Waals surface area contributed by atoms with Crippen molar-refractivity contribution in [2.45, 2.75) is 32.6 Å². The minimum Gasteiger partial charge on any atom is -0.468 e. The fourth-order valence-corrected chi connectivity index (χ4v) is 2.05. The minimum absolute atomic E-state index is 0.0303. The van der Waals surface area contributed by atoms with E-state index in [1.165, 1.54) is 27.4 Å². The molecule has 0 atom stereocenters. The first-order valence-corrected chi connectivity index (χ1v) is 7.38. The van der Waals surface area contributed by atoms with E-state index >= 15 is 0 Å². The Bertz CT molecular complexity index is 501. The van der Waals surface area contributed by atoms with Gasteiger partial charge < -0.3 is 19.0 Å². The molecule has 0 amide bonds. The highest BCUT2D eigenvalue weighted by molar-refractivity contribution is 6.00. The van der Waals surface area contributed by atoms with Crippen molar-refractivity contribution in [2.75, 3.05) is 21.3 Å². The van der Waals surface area contributed by atoms with Gasteiger partial charge in [0.2, 0.25) is 0 Å². The van der Waals surface area contributed by atoms with Gasteiger partial charge in [-0.25, -0.2) is 4.79 Å². The lowest BCUT2D eigenvalue weighted by Gasteiger charge is -2.26. The molecule has 7 heteroatoms. The first-order chi connectivity index (χ1) is 11.4. The molecule has 0 rings (SSSR count). The van der Waals surface area contributed by atoms with Crippen LogP contribution in [0.3, 0.4) is 0 Å². The molecule has 0 saturated carbocycles. The summed E-state index contributed by atoms with van der Waals surface area (Å²) in [6, 6.07) is 0. The second kappa shape index (κ2) is 11.2. The molecule has 0 aliphatic heterocycles. The first kappa shape index (κ1) is 21.6. The van der Waals surface area contributed by atoms with Gasteiger partial charge >= 0.3 is 17.9 Å². The zero-order valence-corrected chi connectivity index (χ0v) is 14.5. The van der Waals surface area contributed by atoms with E-state index in [2.05, 4.69) is 4.74 Å². The SMILES string of the molecule is COC(=O)/C=C/CC(C/C=C(\C)CCC=O)(C(=O)OC)C(=O)OC. The van der Waals surface area contributed by atoms with Gasteiger partial charge in [0, 0.05) is 12.5 Å². The van der Waals surface area contributed by atoms with Gasteiger partial charge in [-0.3, -0.25) is 9.59 Å². The van der Waals surface area contributed by atoms with Crippen molar-refractivity contribution in [3.8, 4) is 0 Å². The van der Waals surface area contributed by atoms with Crippen molar-refractivity contribution in [2.24, 2.45) is 5.41 Å². The van der Waals surface area contributed by atoms with Crippen molar-refractivity contribution < 1.29 is 33.4 Å². The van der Waals surface area contributed by atoms with Gasteiger partial charge in [0.05, 0.1) is 21.3 Å². The van der Waals surface area contributed by atoms with Crippen molar-refractivity contribution in [3.63, 3.8) is 0 Å². The van der Waals surface area contributed by atoms with Gasteiger partial charge in [0.25, 0.3) is 0 Å². The number of methoxy groups -OCH3 is 3. The molecular weight excluding hydrogens is 316 g/mol. The first-order valence-electron chi connectivity index (χ1n) is 7.38. The minimum atomic E-state index is -1.60. The third kappa shape index (κ3) is 6.36. The van der Waals surface area contributed by atoms with Gasteiger partial charge in [-0.2, -0.15) is 0 Å². The Morgan fingerprint density at radius 1 is 0.958 bits per heavy atom. The maximum Gasteiger partial charge on any atom is 0.330 e. The van der Waals surface area contributed by atoms with Crippen LogP contribution in [-0.4, -0.2) is 45.5 Å². The van der Waals surface area contributed by atoms with Crippen molar-refractivity contribution >= 4 is 24.2 Å². The van der Waals surface area contributed by atoms with Gasteiger partial charge in [0.1, 0.15) is 6.29 Å². The Morgan fingerprint density at radius 2 is 1.54 bits per heavy atom. The Labute approximate surface area is 141 Å². The lowest BCUT2D eigenvalue weighted by Crippen LogP contribution is -2.40. The zero-order valence-electron chi connectivity index (χ0n) is 14.5. The van der Waals surface area contributed by atoms with Gasteiger partial charge in [-0.05, 0) is 26.2 Å². The van der Waals surface area contributed by atoms with Gasteiger partial charge in [0.15, 0.2) is 5.41 Å². The summed E-state index contributed by atoms with van der Waals surface area (Å²) in [5.41, 5.74) is -0.743. The number of allylic oxidation sites excluding steroid dienone is 3. The summed E-state index contributed by atoms with van der Waals surface area (Å²) >= 11 is 0. The number of aldehydes is 1. The molecule has 0 heterocycles. The summed E-state index contributed by atoms with van der Waals surface area (Å²) in [7, 11) is 3.57. The maximum atomic E-state index is 12.2. The average Bonchev–Trinajstić information content (AvgIpc) is 2.60. The van der Waals surface area contributed by atoms with Crippen LogP contribution in [0.5, 0.6) is 0 Å². The average molecular weight is 340 g/mol. The van der Waals surface area contributed by atoms with Crippen LogP contribution < -0.4 is 0 Å². The molecule has 0 bridgehead atoms. The number of hydrogen-bond acceptors (Lipinski definition) is 7. The normalized spacial score (nSPS) is 11.9. The molecule has 0 fully saturated rings. The smallest absolute Gasteiger partial charge is 0.330 e. The highest BCUT2D eigenvalue weighted by Gasteiger charge is 2.46. The highest BCUT2D eigenvalue weighted by atomic mass is 16.5. The largest absolute Gasteiger partial charge is 0.468 e. The second-order valence-electron chi connectivity index (χ2n) is 5.15. The summed E-state index contributed by atoms with van der Waals surface area (Å²) in [4.78, 5) is 46.1. The van der Waals surface area contributed by atoms with Crippen LogP contribution in [0.15, 0.2) is 23.8 Å². The lowest BCUT2D eigenvalue weighted by molar-refractivity contribution is -0.168. The van der Waals surface area contributed by atoms with E-state index in [1.807, 2.05) is 0 Å². The Kier molecular flexibility index (Phi) is 10.0. The number of ether oxygens (including phenoxy) is 3. The van der Waals surface area contributed by atoms with Crippen molar-refractivity contribution in [3.05, 3.63) is 23.8 Å². The fourth-order valence-electron chi connectivity index (χ4n) is 2.05. The fraction of sp³-hybridized carbons (Fsp3) is 0.529. The number of carbonyl (C=O) groups excluding carboxylic acids is 4. The predicted octanol–water partition coefficient (Wildman–Crippen LogP) is 1.75. The Morgan fingerprint density at radius 3 is 2.00 bits per heavy atom. The standard InChI is InChI=1S/C17H24O7/c1-13(7-6-12-18)9-11-17(15(20)23-3,16(21)24-4)10-5-8-14(19)22-2/h5,8-9,12H,6-7,10-11H2,1-4H3/b8-5+,13-9+. The molecular formula is C17H24O7. The summed E-state index contributed by atoms with van der Waals surface area (Å²) < 4.78 is 14.0. The zero-order chi connectivity index (χ0) is 18.6. The molecule has 134 valence electrons. The maximum absolute atomic E-state index is 12.2. The summed E-state index contributed by atoms with van der Waals surface area (Å²) in [5.74, 6) is -2.12. The van der Waals surface area contributed by atoms with E-state index in [-0.39, 0.29) is 12.8 Å². The van der Waals surface area contributed by atoms with Gasteiger partial charge in [-0.1, -0.05) is 17.7 Å². The van der Waals surface area contributed by atoms with E-state index < -0.39 is 23.3 Å². The molecule has 7 nitrogen and oxygen atoms in total. The molecule has 0 radical (unpaired) electrons. The molecule has 0 aliphatic rings. The number of rotatable bonds is 10. The molecule has 0 spiro atoms. The topological polar surface area (TPSA) is 96.0 Å². The number of carbonyl (C=O) groups is 4. The predicted molar refractivity (Wildman–Crippen MR) is 85.9 cm³/mol. The van der Waals surface area contributed by atoms with Crippen molar-refractivity contribution in [1.29, 1.82) is 0 Å². The molecule has 24 heavy (non-hydrogen) atoms. The molecule has 0 aromatic rings. The summed E-state index contributed by atoms with van der Waals surface area (Å²) in [5, 5.41) is 0. The quantitative estimate of drug-likeness (QED) is 0.149. The third-order valence-corrected chi connectivity index (χ3v) is 3.53. The van der Waals surface area contributed by atoms with E-state index in [4.69, 9.17) is 9.47 Å². The third-order valence-electron chi connectivity index (χ3n) is 3.53. The van der Waals surface area contributed by atoms with E-state index in [0.717, 1.165) is 17.9 Å². The number of hydrogen-bond donors (Lipinski definition) is 0. The van der Waals surface area contributed by atoms with Crippen molar-refractivity contribution in [1.82, 2.24) is 0 Å². The van der Waals surface area contributed by atoms with E-state index in [1.54, 1.807) is 13.0 Å².